The number of nitrogens with one attached hydrogen (secondary N) is 1. The van der Waals surface area contributed by atoms with Gasteiger partial charge >= 0.3 is 0 Å². The number of aromatic nitrogens is 2. The van der Waals surface area contributed by atoms with Crippen molar-refractivity contribution in [3.8, 4) is 5.75 Å². The molecule has 1 amide bonds. The van der Waals surface area contributed by atoms with Crippen molar-refractivity contribution in [2.75, 3.05) is 16.2 Å². The molecule has 11 heteroatoms. The van der Waals surface area contributed by atoms with Gasteiger partial charge in [-0.15, -0.1) is 0 Å². The van der Waals surface area contributed by atoms with E-state index in [0.29, 0.717) is 28.8 Å². The first-order valence-electron chi connectivity index (χ1n) is 8.88. The van der Waals surface area contributed by atoms with Gasteiger partial charge in [-0.05, 0) is 48.9 Å². The molecular weight excluding hydrogens is 476 g/mol. The molecule has 0 saturated carbocycles. The summed E-state index contributed by atoms with van der Waals surface area (Å²) in [6, 6.07) is 9.49. The lowest BCUT2D eigenvalue weighted by molar-refractivity contribution is -0.121. The average molecular weight is 493 g/mol. The van der Waals surface area contributed by atoms with Crippen LogP contribution in [0.3, 0.4) is 0 Å². The van der Waals surface area contributed by atoms with Gasteiger partial charge in [-0.25, -0.2) is 8.42 Å². The molecule has 1 N–H and O–H groups in total. The van der Waals surface area contributed by atoms with E-state index in [9.17, 15) is 13.2 Å². The van der Waals surface area contributed by atoms with E-state index in [1.807, 2.05) is 6.92 Å². The highest BCUT2D eigenvalue weighted by molar-refractivity contribution is 9.10. The maximum atomic E-state index is 12.9. The molecule has 1 aromatic heterocycles. The lowest BCUT2D eigenvalue weighted by atomic mass is 10.2. The molecule has 0 radical (unpaired) electrons. The second-order valence-electron chi connectivity index (χ2n) is 6.70. The van der Waals surface area contributed by atoms with Gasteiger partial charge in [-0.3, -0.25) is 14.4 Å². The molecule has 156 valence electrons. The van der Waals surface area contributed by atoms with Crippen LogP contribution in [0.15, 0.2) is 50.3 Å². The normalized spacial score (nSPS) is 13.7. The van der Waals surface area contributed by atoms with Gasteiger partial charge in [0.1, 0.15) is 5.75 Å². The number of carbonyl (C=O) groups is 1. The van der Waals surface area contributed by atoms with E-state index in [-0.39, 0.29) is 24.0 Å². The first-order valence-corrected chi connectivity index (χ1v) is 11.2. The zero-order chi connectivity index (χ0) is 21.5. The lowest BCUT2D eigenvalue weighted by Crippen LogP contribution is -2.38. The molecule has 0 spiro atoms. The summed E-state index contributed by atoms with van der Waals surface area (Å²) in [5.41, 5.74) is 1.64. The lowest BCUT2D eigenvalue weighted by Gasteiger charge is -2.28. The largest absolute Gasteiger partial charge is 0.482 e. The van der Waals surface area contributed by atoms with Crippen LogP contribution in [0.2, 0.25) is 0 Å². The van der Waals surface area contributed by atoms with Gasteiger partial charge in [-0.1, -0.05) is 21.1 Å². The van der Waals surface area contributed by atoms with Gasteiger partial charge < -0.3 is 9.26 Å². The summed E-state index contributed by atoms with van der Waals surface area (Å²) < 4.78 is 39.7. The van der Waals surface area contributed by atoms with Crippen LogP contribution in [0.5, 0.6) is 5.75 Å². The molecule has 0 aliphatic carbocycles. The number of ether oxygens (including phenoxy) is 1. The van der Waals surface area contributed by atoms with Crippen molar-refractivity contribution in [3.05, 3.63) is 58.1 Å². The Morgan fingerprint density at radius 1 is 1.20 bits per heavy atom. The molecule has 3 aromatic rings. The number of hydrogen-bond donors (Lipinski definition) is 1. The van der Waals surface area contributed by atoms with Crippen LogP contribution in [-0.2, 0) is 21.4 Å². The highest BCUT2D eigenvalue weighted by atomic mass is 79.9. The first-order chi connectivity index (χ1) is 14.2. The van der Waals surface area contributed by atoms with Crippen molar-refractivity contribution in [2.24, 2.45) is 0 Å². The SMILES string of the molecule is Cc1nc(CN2C(=O)COc3ccc(S(=O)(=O)Nc4ccc(Br)c(C)c4)cc32)no1. The molecule has 30 heavy (non-hydrogen) atoms. The predicted octanol–water partition coefficient (Wildman–Crippen LogP) is 3.18. The summed E-state index contributed by atoms with van der Waals surface area (Å²) in [6.07, 6.45) is 0. The number of anilines is 2. The Morgan fingerprint density at radius 3 is 2.70 bits per heavy atom. The van der Waals surface area contributed by atoms with Gasteiger partial charge in [0.15, 0.2) is 12.4 Å². The van der Waals surface area contributed by atoms with Crippen molar-refractivity contribution in [1.82, 2.24) is 10.1 Å². The number of benzene rings is 2. The summed E-state index contributed by atoms with van der Waals surface area (Å²) in [4.78, 5) is 17.9. The predicted molar refractivity (Wildman–Crippen MR) is 112 cm³/mol. The monoisotopic (exact) mass is 492 g/mol. The number of aryl methyl sites for hydroxylation is 2. The van der Waals surface area contributed by atoms with Crippen molar-refractivity contribution < 1.29 is 22.5 Å². The fourth-order valence-electron chi connectivity index (χ4n) is 2.99. The van der Waals surface area contributed by atoms with Crippen LogP contribution >= 0.6 is 15.9 Å². The molecule has 0 unspecified atom stereocenters. The Kier molecular flexibility index (Phi) is 5.24. The molecule has 2 aromatic carbocycles. The topological polar surface area (TPSA) is 115 Å². The summed E-state index contributed by atoms with van der Waals surface area (Å²) in [7, 11) is -3.89. The Labute approximate surface area is 181 Å². The average Bonchev–Trinajstić information content (AvgIpc) is 3.11. The fourth-order valence-corrected chi connectivity index (χ4v) is 4.31. The van der Waals surface area contributed by atoms with E-state index in [1.165, 1.54) is 23.1 Å². The Bertz CT molecular complexity index is 1240. The number of amides is 1. The first kappa shape index (κ1) is 20.4. The van der Waals surface area contributed by atoms with Crippen LogP contribution in [0, 0.1) is 13.8 Å². The molecule has 9 nitrogen and oxygen atoms in total. The van der Waals surface area contributed by atoms with Crippen molar-refractivity contribution in [2.45, 2.75) is 25.3 Å². The minimum Gasteiger partial charge on any atom is -0.482 e. The third-order valence-electron chi connectivity index (χ3n) is 4.46. The number of hydrogen-bond acceptors (Lipinski definition) is 7. The van der Waals surface area contributed by atoms with E-state index in [2.05, 4.69) is 30.8 Å². The molecule has 0 atom stereocenters. The van der Waals surface area contributed by atoms with Crippen LogP contribution in [0.4, 0.5) is 11.4 Å². The summed E-state index contributed by atoms with van der Waals surface area (Å²) >= 11 is 3.39. The van der Waals surface area contributed by atoms with Crippen LogP contribution in [-0.4, -0.2) is 31.1 Å². The molecule has 1 aliphatic heterocycles. The number of halogens is 1. The minimum atomic E-state index is -3.89. The smallest absolute Gasteiger partial charge is 0.265 e. The summed E-state index contributed by atoms with van der Waals surface area (Å²) in [5, 5.41) is 3.80. The van der Waals surface area contributed by atoms with Crippen molar-refractivity contribution >= 4 is 43.2 Å². The van der Waals surface area contributed by atoms with Crippen molar-refractivity contribution in [1.29, 1.82) is 0 Å². The number of fused-ring (bicyclic) bond motifs is 1. The van der Waals surface area contributed by atoms with Gasteiger partial charge in [0.25, 0.3) is 15.9 Å². The van der Waals surface area contributed by atoms with E-state index in [4.69, 9.17) is 9.26 Å². The van der Waals surface area contributed by atoms with E-state index in [0.717, 1.165) is 10.0 Å². The molecule has 0 saturated heterocycles. The molecule has 2 heterocycles. The van der Waals surface area contributed by atoms with Crippen LogP contribution in [0.1, 0.15) is 17.3 Å². The number of carbonyl (C=O) groups excluding carboxylic acids is 1. The third-order valence-corrected chi connectivity index (χ3v) is 6.73. The van der Waals surface area contributed by atoms with Gasteiger partial charge in [0.2, 0.25) is 5.89 Å². The van der Waals surface area contributed by atoms with Crippen LogP contribution < -0.4 is 14.4 Å². The molecule has 0 bridgehead atoms. The summed E-state index contributed by atoms with van der Waals surface area (Å²) in [6.45, 7) is 3.38. The fraction of sp³-hybridized carbons (Fsp3) is 0.211. The number of rotatable bonds is 5. The van der Waals surface area contributed by atoms with Gasteiger partial charge in [0.05, 0.1) is 17.1 Å². The quantitative estimate of drug-likeness (QED) is 0.581. The van der Waals surface area contributed by atoms with E-state index in [1.54, 1.807) is 25.1 Å². The Hall–Kier alpha value is -2.92. The van der Waals surface area contributed by atoms with Crippen molar-refractivity contribution in [3.63, 3.8) is 0 Å². The van der Waals surface area contributed by atoms with E-state index < -0.39 is 10.0 Å². The second-order valence-corrected chi connectivity index (χ2v) is 9.23. The minimum absolute atomic E-state index is 0.00517. The maximum absolute atomic E-state index is 12.9. The highest BCUT2D eigenvalue weighted by Crippen LogP contribution is 2.35. The second kappa shape index (κ2) is 7.73. The zero-order valence-corrected chi connectivity index (χ0v) is 18.4. The molecule has 4 rings (SSSR count). The van der Waals surface area contributed by atoms with Crippen LogP contribution in [0.25, 0.3) is 0 Å². The summed E-state index contributed by atoms with van der Waals surface area (Å²) in [5.74, 6) is 0.742. The molecule has 1 aliphatic rings. The molecular formula is C19H17BrN4O5S. The standard InChI is InChI=1S/C19H17BrN4O5S/c1-11-7-13(3-5-15(11)20)23-30(26,27)14-4-6-17-16(8-14)24(19(25)10-28-17)9-18-21-12(2)29-22-18/h3-8,23H,9-10H2,1-2H3. The maximum Gasteiger partial charge on any atom is 0.265 e. The Morgan fingerprint density at radius 2 is 2.00 bits per heavy atom. The number of nitrogens with zero attached hydrogens (tertiary/aromatic N) is 3. The zero-order valence-electron chi connectivity index (χ0n) is 16.0. The van der Waals surface area contributed by atoms with Gasteiger partial charge in [0, 0.05) is 17.1 Å². The highest BCUT2D eigenvalue weighted by Gasteiger charge is 2.29. The number of sulfonamides is 1. The third kappa shape index (κ3) is 4.03. The Balaban J connectivity index is 1.67. The van der Waals surface area contributed by atoms with Gasteiger partial charge in [-0.2, -0.15) is 4.98 Å². The molecule has 0 fully saturated rings. The van der Waals surface area contributed by atoms with E-state index >= 15 is 0 Å².